The van der Waals surface area contributed by atoms with Crippen molar-refractivity contribution in [2.75, 3.05) is 6.61 Å². The van der Waals surface area contributed by atoms with Crippen LogP contribution in [0.2, 0.25) is 10.0 Å². The van der Waals surface area contributed by atoms with Crippen LogP contribution >= 0.6 is 35.6 Å². The maximum Gasteiger partial charge on any atom is 0.148 e. The van der Waals surface area contributed by atoms with Gasteiger partial charge in [0.25, 0.3) is 0 Å². The quantitative estimate of drug-likeness (QED) is 0.803. The molecule has 0 saturated heterocycles. The molecule has 1 atom stereocenters. The van der Waals surface area contributed by atoms with E-state index in [1.807, 2.05) is 0 Å². The van der Waals surface area contributed by atoms with Gasteiger partial charge in [0.05, 0.1) is 17.7 Å². The highest BCUT2D eigenvalue weighted by atomic mass is 35.5. The third-order valence-electron chi connectivity index (χ3n) is 1.65. The molecule has 0 aliphatic rings. The highest BCUT2D eigenvalue weighted by Crippen LogP contribution is 2.29. The van der Waals surface area contributed by atoms with Gasteiger partial charge >= 0.3 is 0 Å². The summed E-state index contributed by atoms with van der Waals surface area (Å²) >= 11 is 11.2. The molecule has 0 aromatic heterocycles. The Kier molecular flexibility index (Phi) is 5.71. The van der Waals surface area contributed by atoms with Gasteiger partial charge in [-0.1, -0.05) is 23.2 Å². The lowest BCUT2D eigenvalue weighted by Gasteiger charge is -2.12. The van der Waals surface area contributed by atoms with Gasteiger partial charge in [-0.2, -0.15) is 0 Å². The van der Waals surface area contributed by atoms with Crippen LogP contribution in [0, 0.1) is 5.82 Å². The molecule has 0 unspecified atom stereocenters. The molecule has 0 radical (unpaired) electrons. The Hall–Kier alpha value is -0.0600. The van der Waals surface area contributed by atoms with Crippen molar-refractivity contribution in [3.8, 4) is 0 Å². The average Bonchev–Trinajstić information content (AvgIpc) is 2.12. The minimum absolute atomic E-state index is 0. The zero-order valence-electron chi connectivity index (χ0n) is 7.01. The first-order valence-electron chi connectivity index (χ1n) is 3.57. The second-order valence-electron chi connectivity index (χ2n) is 2.55. The highest BCUT2D eigenvalue weighted by molar-refractivity contribution is 6.33. The summed E-state index contributed by atoms with van der Waals surface area (Å²) in [4.78, 5) is 0. The molecule has 1 rings (SSSR count). The van der Waals surface area contributed by atoms with Gasteiger partial charge in [0.15, 0.2) is 0 Å². The van der Waals surface area contributed by atoms with Crippen molar-refractivity contribution in [3.63, 3.8) is 0 Å². The van der Waals surface area contributed by atoms with Gasteiger partial charge in [-0.25, -0.2) is 4.39 Å². The topological polar surface area (TPSA) is 46.2 Å². The standard InChI is InChI=1S/C8H8Cl2FNO.ClH/c9-4-1-2-5(10)8(11)7(4)6(12)3-13;/h1-2,6,13H,3,12H2;1H/t6-;/m1./s1. The van der Waals surface area contributed by atoms with E-state index in [1.165, 1.54) is 12.1 Å². The van der Waals surface area contributed by atoms with Crippen LogP contribution in [-0.2, 0) is 0 Å². The van der Waals surface area contributed by atoms with Gasteiger partial charge in [-0.05, 0) is 12.1 Å². The SMILES string of the molecule is Cl.N[C@H](CO)c1c(Cl)ccc(Cl)c1F. The summed E-state index contributed by atoms with van der Waals surface area (Å²) < 4.78 is 13.3. The van der Waals surface area contributed by atoms with Crippen molar-refractivity contribution >= 4 is 35.6 Å². The van der Waals surface area contributed by atoms with Gasteiger partial charge < -0.3 is 10.8 Å². The summed E-state index contributed by atoms with van der Waals surface area (Å²) in [5, 5.41) is 8.85. The van der Waals surface area contributed by atoms with Crippen LogP contribution in [0.3, 0.4) is 0 Å². The summed E-state index contributed by atoms with van der Waals surface area (Å²) in [6.07, 6.45) is 0. The van der Waals surface area contributed by atoms with E-state index in [0.29, 0.717) is 0 Å². The molecule has 0 saturated carbocycles. The third-order valence-corrected chi connectivity index (χ3v) is 2.27. The van der Waals surface area contributed by atoms with Crippen molar-refractivity contribution in [3.05, 3.63) is 33.6 Å². The monoisotopic (exact) mass is 259 g/mol. The van der Waals surface area contributed by atoms with Crippen molar-refractivity contribution in [2.24, 2.45) is 5.73 Å². The van der Waals surface area contributed by atoms with Crippen molar-refractivity contribution < 1.29 is 9.50 Å². The molecule has 1 aromatic carbocycles. The minimum Gasteiger partial charge on any atom is -0.394 e. The van der Waals surface area contributed by atoms with E-state index in [9.17, 15) is 4.39 Å². The Labute approximate surface area is 97.2 Å². The molecule has 3 N–H and O–H groups in total. The normalized spacial score (nSPS) is 12.1. The Bertz CT molecular complexity index is 322. The zero-order chi connectivity index (χ0) is 10.0. The number of nitrogens with two attached hydrogens (primary N) is 1. The van der Waals surface area contributed by atoms with Gasteiger partial charge in [-0.3, -0.25) is 0 Å². The fourth-order valence-corrected chi connectivity index (χ4v) is 1.42. The Morgan fingerprint density at radius 1 is 1.36 bits per heavy atom. The van der Waals surface area contributed by atoms with Gasteiger partial charge in [-0.15, -0.1) is 12.4 Å². The third kappa shape index (κ3) is 2.72. The number of hydrogen-bond donors (Lipinski definition) is 2. The number of halogens is 4. The molecule has 0 heterocycles. The number of hydrogen-bond acceptors (Lipinski definition) is 2. The maximum atomic E-state index is 13.3. The molecule has 14 heavy (non-hydrogen) atoms. The van der Waals surface area contributed by atoms with Crippen LogP contribution in [0.25, 0.3) is 0 Å². The van der Waals surface area contributed by atoms with E-state index in [2.05, 4.69) is 0 Å². The lowest BCUT2D eigenvalue weighted by Crippen LogP contribution is -2.16. The number of aliphatic hydroxyl groups excluding tert-OH is 1. The predicted molar refractivity (Wildman–Crippen MR) is 57.7 cm³/mol. The lowest BCUT2D eigenvalue weighted by atomic mass is 10.1. The van der Waals surface area contributed by atoms with E-state index in [-0.39, 0.29) is 34.6 Å². The van der Waals surface area contributed by atoms with Crippen LogP contribution in [0.1, 0.15) is 11.6 Å². The van der Waals surface area contributed by atoms with Crippen molar-refractivity contribution in [1.82, 2.24) is 0 Å². The average molecular weight is 261 g/mol. The summed E-state index contributed by atoms with van der Waals surface area (Å²) in [5.41, 5.74) is 5.48. The number of aliphatic hydroxyl groups is 1. The molecule has 0 fully saturated rings. The van der Waals surface area contributed by atoms with Gasteiger partial charge in [0.1, 0.15) is 5.82 Å². The van der Waals surface area contributed by atoms with E-state index < -0.39 is 11.9 Å². The summed E-state index contributed by atoms with van der Waals surface area (Å²) in [6, 6.07) is 1.94. The molecule has 0 aliphatic heterocycles. The Morgan fingerprint density at radius 3 is 2.36 bits per heavy atom. The smallest absolute Gasteiger partial charge is 0.148 e. The molecule has 1 aromatic rings. The molecule has 2 nitrogen and oxygen atoms in total. The van der Waals surface area contributed by atoms with Crippen LogP contribution < -0.4 is 5.73 Å². The fraction of sp³-hybridized carbons (Fsp3) is 0.250. The van der Waals surface area contributed by atoms with E-state index >= 15 is 0 Å². The van der Waals surface area contributed by atoms with Gasteiger partial charge in [0, 0.05) is 10.6 Å². The summed E-state index contributed by atoms with van der Waals surface area (Å²) in [7, 11) is 0. The van der Waals surface area contributed by atoms with Crippen molar-refractivity contribution in [1.29, 1.82) is 0 Å². The predicted octanol–water partition coefficient (Wildman–Crippen LogP) is 2.55. The van der Waals surface area contributed by atoms with Gasteiger partial charge in [0.2, 0.25) is 0 Å². The second-order valence-corrected chi connectivity index (χ2v) is 3.36. The Balaban J connectivity index is 0.00000169. The first-order valence-corrected chi connectivity index (χ1v) is 4.33. The molecule has 0 spiro atoms. The molecule has 0 aliphatic carbocycles. The molecule has 6 heteroatoms. The van der Waals surface area contributed by atoms with Crippen molar-refractivity contribution in [2.45, 2.75) is 6.04 Å². The largest absolute Gasteiger partial charge is 0.394 e. The van der Waals surface area contributed by atoms with Crippen LogP contribution in [0.4, 0.5) is 4.39 Å². The minimum atomic E-state index is -0.841. The first-order chi connectivity index (χ1) is 6.07. The van der Waals surface area contributed by atoms with E-state index in [0.717, 1.165) is 0 Å². The zero-order valence-corrected chi connectivity index (χ0v) is 9.33. The summed E-state index contributed by atoms with van der Waals surface area (Å²) in [5.74, 6) is -0.671. The van der Waals surface area contributed by atoms with E-state index in [1.54, 1.807) is 0 Å². The molecular formula is C8H9Cl3FNO. The van der Waals surface area contributed by atoms with E-state index in [4.69, 9.17) is 34.0 Å². The Morgan fingerprint density at radius 2 is 1.86 bits per heavy atom. The van der Waals surface area contributed by atoms with Crippen LogP contribution in [0.15, 0.2) is 12.1 Å². The van der Waals surface area contributed by atoms with Crippen LogP contribution in [0.5, 0.6) is 0 Å². The second kappa shape index (κ2) is 5.73. The molecule has 80 valence electrons. The molecule has 0 bridgehead atoms. The molecule has 0 amide bonds. The lowest BCUT2D eigenvalue weighted by molar-refractivity contribution is 0.265. The number of rotatable bonds is 2. The number of benzene rings is 1. The molecular weight excluding hydrogens is 251 g/mol. The summed E-state index contributed by atoms with van der Waals surface area (Å²) in [6.45, 7) is -0.378. The first kappa shape index (κ1) is 13.9. The fourth-order valence-electron chi connectivity index (χ4n) is 0.974. The maximum absolute atomic E-state index is 13.3. The van der Waals surface area contributed by atoms with Crippen LogP contribution in [-0.4, -0.2) is 11.7 Å². The highest BCUT2D eigenvalue weighted by Gasteiger charge is 2.16.